The average molecular weight is 451 g/mol. The van der Waals surface area contributed by atoms with Crippen LogP contribution in [0.2, 0.25) is 0 Å². The molecule has 1 amide bonds. The molecule has 2 N–H and O–H groups in total. The number of carboxylic acid groups (broad SMARTS) is 1. The minimum Gasteiger partial charge on any atom is -0.475 e. The van der Waals surface area contributed by atoms with Crippen LogP contribution >= 0.6 is 0 Å². The molecule has 2 saturated heterocycles. The molecule has 3 atom stereocenters. The first-order chi connectivity index (χ1) is 13.9. The molecule has 0 radical (unpaired) electrons. The van der Waals surface area contributed by atoms with Gasteiger partial charge >= 0.3 is 12.1 Å². The predicted molar refractivity (Wildman–Crippen MR) is 102 cm³/mol. The van der Waals surface area contributed by atoms with E-state index in [9.17, 15) is 26.4 Å². The third kappa shape index (κ3) is 5.70. The minimum atomic E-state index is -5.08. The van der Waals surface area contributed by atoms with E-state index in [1.54, 1.807) is 11.4 Å². The molecule has 0 aromatic heterocycles. The Kier molecular flexibility index (Phi) is 7.48. The number of hydrogen-bond acceptors (Lipinski definition) is 5. The number of halogens is 3. The van der Waals surface area contributed by atoms with E-state index in [0.717, 1.165) is 12.0 Å². The lowest BCUT2D eigenvalue weighted by Gasteiger charge is -2.25. The number of alkyl halides is 3. The summed E-state index contributed by atoms with van der Waals surface area (Å²) in [6, 6.07) is 9.24. The van der Waals surface area contributed by atoms with Crippen molar-refractivity contribution in [3.05, 3.63) is 35.9 Å². The van der Waals surface area contributed by atoms with Gasteiger partial charge in [0.25, 0.3) is 0 Å². The molecule has 8 nitrogen and oxygen atoms in total. The largest absolute Gasteiger partial charge is 0.490 e. The van der Waals surface area contributed by atoms with Gasteiger partial charge in [-0.1, -0.05) is 30.3 Å². The number of hydrogen-bond donors (Lipinski definition) is 2. The topological polar surface area (TPSA) is 107 Å². The normalized spacial score (nSPS) is 24.6. The Balaban J connectivity index is 0.000000396. The summed E-state index contributed by atoms with van der Waals surface area (Å²) in [6.07, 6.45) is -4.36. The fourth-order valence-corrected chi connectivity index (χ4v) is 5.35. The Bertz CT molecular complexity index is 864. The number of nitrogens with zero attached hydrogens (tertiary/aromatic N) is 2. The molecule has 0 aliphatic carbocycles. The third-order valence-electron chi connectivity index (χ3n) is 5.29. The van der Waals surface area contributed by atoms with Crippen molar-refractivity contribution in [3.63, 3.8) is 0 Å². The van der Waals surface area contributed by atoms with Crippen molar-refractivity contribution in [2.45, 2.75) is 30.4 Å². The molecule has 1 aromatic carbocycles. The number of fused-ring (bicyclic) bond motifs is 1. The summed E-state index contributed by atoms with van der Waals surface area (Å²) in [4.78, 5) is 22.8. The van der Waals surface area contributed by atoms with Crippen LogP contribution in [0.4, 0.5) is 13.2 Å². The molecule has 0 spiro atoms. The number of amides is 1. The van der Waals surface area contributed by atoms with Gasteiger partial charge in [0.1, 0.15) is 0 Å². The van der Waals surface area contributed by atoms with Crippen molar-refractivity contribution in [1.29, 1.82) is 0 Å². The number of benzene rings is 1. The third-order valence-corrected chi connectivity index (χ3v) is 7.07. The summed E-state index contributed by atoms with van der Waals surface area (Å²) >= 11 is 0. The van der Waals surface area contributed by atoms with Gasteiger partial charge in [0, 0.05) is 26.2 Å². The van der Waals surface area contributed by atoms with Crippen molar-refractivity contribution in [3.8, 4) is 0 Å². The van der Waals surface area contributed by atoms with E-state index in [0.29, 0.717) is 13.1 Å². The molecular formula is C18H24F3N3O5S. The van der Waals surface area contributed by atoms with Crippen LogP contribution in [-0.4, -0.2) is 80.1 Å². The Hall–Kier alpha value is -2.18. The molecule has 1 aromatic rings. The first kappa shape index (κ1) is 24.1. The van der Waals surface area contributed by atoms with Crippen molar-refractivity contribution in [2.75, 3.05) is 27.2 Å². The summed E-state index contributed by atoms with van der Waals surface area (Å²) < 4.78 is 58.6. The van der Waals surface area contributed by atoms with Crippen LogP contribution in [0.25, 0.3) is 0 Å². The Labute approximate surface area is 172 Å². The van der Waals surface area contributed by atoms with Gasteiger partial charge in [0.2, 0.25) is 15.9 Å². The second-order valence-corrected chi connectivity index (χ2v) is 9.19. The number of nitrogens with one attached hydrogen (secondary N) is 1. The molecule has 2 heterocycles. The molecule has 0 unspecified atom stereocenters. The second-order valence-electron chi connectivity index (χ2n) is 7.22. The van der Waals surface area contributed by atoms with E-state index in [-0.39, 0.29) is 29.7 Å². The van der Waals surface area contributed by atoms with Crippen molar-refractivity contribution >= 4 is 21.9 Å². The van der Waals surface area contributed by atoms with E-state index in [1.807, 2.05) is 42.3 Å². The molecular weight excluding hydrogens is 427 g/mol. The van der Waals surface area contributed by atoms with Crippen LogP contribution in [0, 0.1) is 5.92 Å². The zero-order valence-electron chi connectivity index (χ0n) is 16.5. The fourth-order valence-electron chi connectivity index (χ4n) is 3.75. The van der Waals surface area contributed by atoms with E-state index < -0.39 is 22.2 Å². The number of carboxylic acids is 1. The molecule has 2 aliphatic heterocycles. The molecule has 3 rings (SSSR count). The number of likely N-dealkylation sites (N-methyl/N-ethyl adjacent to an activating group) is 2. The van der Waals surface area contributed by atoms with E-state index in [1.165, 1.54) is 0 Å². The summed E-state index contributed by atoms with van der Waals surface area (Å²) in [6.45, 7) is 0.988. The maximum absolute atomic E-state index is 12.6. The molecule has 2 fully saturated rings. The van der Waals surface area contributed by atoms with E-state index in [2.05, 4.69) is 5.32 Å². The van der Waals surface area contributed by atoms with Gasteiger partial charge in [-0.15, -0.1) is 0 Å². The highest BCUT2D eigenvalue weighted by Gasteiger charge is 2.49. The minimum absolute atomic E-state index is 0.0144. The molecule has 12 heteroatoms. The fraction of sp³-hybridized carbons (Fsp3) is 0.556. The zero-order valence-corrected chi connectivity index (χ0v) is 17.3. The smallest absolute Gasteiger partial charge is 0.475 e. The van der Waals surface area contributed by atoms with E-state index >= 15 is 0 Å². The lowest BCUT2D eigenvalue weighted by molar-refractivity contribution is -0.192. The lowest BCUT2D eigenvalue weighted by atomic mass is 10.0. The highest BCUT2D eigenvalue weighted by molar-refractivity contribution is 7.88. The molecule has 0 saturated carbocycles. The Morgan fingerprint density at radius 1 is 1.20 bits per heavy atom. The molecule has 30 heavy (non-hydrogen) atoms. The molecule has 168 valence electrons. The Morgan fingerprint density at radius 2 is 1.77 bits per heavy atom. The van der Waals surface area contributed by atoms with Gasteiger partial charge in [-0.25, -0.2) is 13.2 Å². The monoisotopic (exact) mass is 451 g/mol. The van der Waals surface area contributed by atoms with Gasteiger partial charge in [0.05, 0.1) is 11.8 Å². The molecule has 0 bridgehead atoms. The predicted octanol–water partition coefficient (Wildman–Crippen LogP) is 0.900. The van der Waals surface area contributed by atoms with Crippen LogP contribution < -0.4 is 5.32 Å². The highest BCUT2D eigenvalue weighted by atomic mass is 32.2. The zero-order chi connectivity index (χ0) is 22.7. The van der Waals surface area contributed by atoms with Gasteiger partial charge in [-0.05, 0) is 24.9 Å². The van der Waals surface area contributed by atoms with Crippen molar-refractivity contribution in [1.82, 2.24) is 14.5 Å². The standard InChI is InChI=1S/C16H23N3O3S.C2HF3O2/c1-17-16(20)14-8-13-9-19(10-15(13)18(14)2)23(21,22)11-12-6-4-3-5-7-12;3-2(4,5)1(6)7/h3-7,13-15H,8-11H2,1-2H3,(H,17,20);(H,6,7)/t13-,14-,15+;/m1./s1. The van der Waals surface area contributed by atoms with Crippen LogP contribution in [0.5, 0.6) is 0 Å². The van der Waals surface area contributed by atoms with Gasteiger partial charge in [-0.3, -0.25) is 9.69 Å². The number of likely N-dealkylation sites (tertiary alicyclic amines) is 1. The van der Waals surface area contributed by atoms with Gasteiger partial charge < -0.3 is 10.4 Å². The van der Waals surface area contributed by atoms with Crippen LogP contribution in [0.15, 0.2) is 30.3 Å². The second kappa shape index (κ2) is 9.31. The number of carbonyl (C=O) groups is 2. The van der Waals surface area contributed by atoms with Crippen LogP contribution in [0.3, 0.4) is 0 Å². The van der Waals surface area contributed by atoms with Gasteiger partial charge in [0.15, 0.2) is 0 Å². The van der Waals surface area contributed by atoms with Crippen LogP contribution in [0.1, 0.15) is 12.0 Å². The van der Waals surface area contributed by atoms with Crippen molar-refractivity contribution in [2.24, 2.45) is 5.92 Å². The quantitative estimate of drug-likeness (QED) is 0.705. The Morgan fingerprint density at radius 3 is 2.23 bits per heavy atom. The number of carbonyl (C=O) groups excluding carboxylic acids is 1. The summed E-state index contributed by atoms with van der Waals surface area (Å²) in [5.41, 5.74) is 0.807. The van der Waals surface area contributed by atoms with Gasteiger partial charge in [-0.2, -0.15) is 17.5 Å². The van der Waals surface area contributed by atoms with Crippen molar-refractivity contribution < 1.29 is 36.3 Å². The van der Waals surface area contributed by atoms with Crippen LogP contribution in [-0.2, 0) is 25.4 Å². The summed E-state index contributed by atoms with van der Waals surface area (Å²) in [5.74, 6) is -2.48. The summed E-state index contributed by atoms with van der Waals surface area (Å²) in [5, 5.41) is 9.81. The number of rotatable bonds is 4. The highest BCUT2D eigenvalue weighted by Crippen LogP contribution is 2.36. The lowest BCUT2D eigenvalue weighted by Crippen LogP contribution is -2.45. The SMILES string of the molecule is CNC(=O)[C@H]1C[C@@H]2CN(S(=O)(=O)Cc3ccccc3)C[C@@H]2N1C.O=C(O)C(F)(F)F. The number of sulfonamides is 1. The van der Waals surface area contributed by atoms with E-state index in [4.69, 9.17) is 9.90 Å². The maximum Gasteiger partial charge on any atom is 0.490 e. The number of aliphatic carboxylic acids is 1. The average Bonchev–Trinajstić information content (AvgIpc) is 3.22. The summed E-state index contributed by atoms with van der Waals surface area (Å²) in [7, 11) is 0.239. The molecule has 2 aliphatic rings. The first-order valence-electron chi connectivity index (χ1n) is 9.12. The first-order valence-corrected chi connectivity index (χ1v) is 10.7. The maximum atomic E-state index is 12.6.